The van der Waals surface area contributed by atoms with E-state index in [2.05, 4.69) is 0 Å². The summed E-state index contributed by atoms with van der Waals surface area (Å²) < 4.78 is 0. The van der Waals surface area contributed by atoms with Gasteiger partial charge < -0.3 is 5.11 Å². The lowest BCUT2D eigenvalue weighted by Gasteiger charge is -2.19. The molecule has 1 N–H and O–H groups in total. The number of hydrogen-bond acceptors (Lipinski definition) is 1. The molecule has 0 aromatic rings. The van der Waals surface area contributed by atoms with Crippen molar-refractivity contribution in [2.24, 2.45) is 0 Å². The van der Waals surface area contributed by atoms with Crippen molar-refractivity contribution in [3.05, 3.63) is 22.5 Å². The van der Waals surface area contributed by atoms with Crippen molar-refractivity contribution in [1.29, 1.82) is 0 Å². The molecule has 8 heavy (non-hydrogen) atoms. The van der Waals surface area contributed by atoms with Gasteiger partial charge in [-0.1, -0.05) is 0 Å². The van der Waals surface area contributed by atoms with Gasteiger partial charge in [-0.3, -0.25) is 0 Å². The van der Waals surface area contributed by atoms with Crippen LogP contribution in [0.5, 0.6) is 0 Å². The van der Waals surface area contributed by atoms with Crippen LogP contribution >= 0.6 is 0 Å². The maximum Gasteiger partial charge on any atom is 0.121 e. The molecule has 1 rings (SSSR count). The van der Waals surface area contributed by atoms with Crippen molar-refractivity contribution in [3.8, 4) is 0 Å². The van der Waals surface area contributed by atoms with Crippen LogP contribution in [0.1, 0.15) is 20.8 Å². The zero-order valence-corrected chi connectivity index (χ0v) is 5.45. The summed E-state index contributed by atoms with van der Waals surface area (Å²) in [7, 11) is 0. The number of aliphatic hydroxyl groups excluding tert-OH is 1. The fraction of sp³-hybridized carbons (Fsp3) is 0.429. The average molecular weight is 110 g/mol. The Morgan fingerprint density at radius 2 is 1.38 bits per heavy atom. The molecule has 0 spiro atoms. The summed E-state index contributed by atoms with van der Waals surface area (Å²) >= 11 is 0. The Morgan fingerprint density at radius 3 is 1.50 bits per heavy atom. The Labute approximate surface area is 49.3 Å². The largest absolute Gasteiger partial charge is 0.507 e. The molecule has 0 radical (unpaired) electrons. The maximum atomic E-state index is 8.98. The van der Waals surface area contributed by atoms with Crippen LogP contribution in [-0.2, 0) is 0 Å². The lowest BCUT2D eigenvalue weighted by Crippen LogP contribution is -2.04. The molecule has 1 aliphatic carbocycles. The monoisotopic (exact) mass is 110 g/mol. The van der Waals surface area contributed by atoms with Gasteiger partial charge in [0.15, 0.2) is 0 Å². The Kier molecular flexibility index (Phi) is 0.932. The summed E-state index contributed by atoms with van der Waals surface area (Å²) in [5.41, 5.74) is 3.33. The predicted octanol–water partition coefficient (Wildman–Crippen LogP) is 2.17. The van der Waals surface area contributed by atoms with Gasteiger partial charge in [0.05, 0.1) is 0 Å². The highest BCUT2D eigenvalue weighted by atomic mass is 16.3. The quantitative estimate of drug-likeness (QED) is 0.506. The summed E-state index contributed by atoms with van der Waals surface area (Å²) in [4.78, 5) is 0. The van der Waals surface area contributed by atoms with E-state index in [4.69, 9.17) is 5.11 Å². The minimum absolute atomic E-state index is 0.488. The molecule has 1 aliphatic rings. The van der Waals surface area contributed by atoms with Crippen LogP contribution in [0.15, 0.2) is 22.5 Å². The molecule has 0 fully saturated rings. The van der Waals surface area contributed by atoms with Crippen LogP contribution in [-0.4, -0.2) is 5.11 Å². The molecular weight excluding hydrogens is 100 g/mol. The first kappa shape index (κ1) is 5.42. The molecule has 0 atom stereocenters. The van der Waals surface area contributed by atoms with Crippen molar-refractivity contribution in [2.45, 2.75) is 20.8 Å². The predicted molar refractivity (Wildman–Crippen MR) is 33.7 cm³/mol. The number of aliphatic hydroxyl groups is 1. The van der Waals surface area contributed by atoms with E-state index in [-0.39, 0.29) is 0 Å². The Balaban J connectivity index is 2.86. The van der Waals surface area contributed by atoms with Crippen LogP contribution in [0, 0.1) is 0 Å². The third-order valence-corrected chi connectivity index (χ3v) is 1.84. The summed E-state index contributed by atoms with van der Waals surface area (Å²) in [5.74, 6) is 0.488. The molecule has 0 aromatic carbocycles. The van der Waals surface area contributed by atoms with Crippen molar-refractivity contribution >= 4 is 0 Å². The highest BCUT2D eigenvalue weighted by molar-refractivity contribution is 5.53. The maximum absolute atomic E-state index is 8.98. The van der Waals surface area contributed by atoms with E-state index < -0.39 is 0 Å². The second kappa shape index (κ2) is 1.38. The Bertz CT molecular complexity index is 132. The number of allylic oxidation sites excluding steroid dienone is 3. The van der Waals surface area contributed by atoms with Gasteiger partial charge >= 0.3 is 0 Å². The van der Waals surface area contributed by atoms with E-state index in [1.165, 1.54) is 5.57 Å². The van der Waals surface area contributed by atoms with Crippen molar-refractivity contribution in [3.63, 3.8) is 0 Å². The summed E-state index contributed by atoms with van der Waals surface area (Å²) in [6.45, 7) is 5.87. The molecule has 0 saturated carbocycles. The second-order valence-electron chi connectivity index (χ2n) is 2.22. The highest BCUT2D eigenvalue weighted by Gasteiger charge is 2.16. The van der Waals surface area contributed by atoms with E-state index in [0.29, 0.717) is 5.76 Å². The van der Waals surface area contributed by atoms with Crippen LogP contribution in [0.3, 0.4) is 0 Å². The van der Waals surface area contributed by atoms with Crippen molar-refractivity contribution in [2.75, 3.05) is 0 Å². The SMILES string of the molecule is CC1=C(C)C(O)=C1C. The first-order chi connectivity index (χ1) is 3.64. The zero-order chi connectivity index (χ0) is 6.31. The Morgan fingerprint density at radius 1 is 0.875 bits per heavy atom. The van der Waals surface area contributed by atoms with Gasteiger partial charge in [-0.25, -0.2) is 0 Å². The van der Waals surface area contributed by atoms with Crippen molar-refractivity contribution < 1.29 is 5.11 Å². The molecule has 0 amide bonds. The minimum atomic E-state index is 0.488. The van der Waals surface area contributed by atoms with Gasteiger partial charge in [0.25, 0.3) is 0 Å². The molecule has 0 unspecified atom stereocenters. The lowest BCUT2D eigenvalue weighted by atomic mass is 9.90. The van der Waals surface area contributed by atoms with Crippen LogP contribution in [0.2, 0.25) is 0 Å². The molecule has 1 nitrogen and oxygen atoms in total. The van der Waals surface area contributed by atoms with Gasteiger partial charge in [-0.15, -0.1) is 0 Å². The summed E-state index contributed by atoms with van der Waals surface area (Å²) in [5, 5.41) is 8.98. The molecule has 0 saturated heterocycles. The minimum Gasteiger partial charge on any atom is -0.507 e. The molecular formula is C7H10O. The highest BCUT2D eigenvalue weighted by Crippen LogP contribution is 2.31. The van der Waals surface area contributed by atoms with Crippen LogP contribution < -0.4 is 0 Å². The van der Waals surface area contributed by atoms with Gasteiger partial charge in [0, 0.05) is 0 Å². The fourth-order valence-electron chi connectivity index (χ4n) is 0.855. The van der Waals surface area contributed by atoms with Crippen LogP contribution in [0.4, 0.5) is 0 Å². The third kappa shape index (κ3) is 0.414. The van der Waals surface area contributed by atoms with Gasteiger partial charge in [-0.05, 0) is 37.5 Å². The summed E-state index contributed by atoms with van der Waals surface area (Å²) in [6, 6.07) is 0. The van der Waals surface area contributed by atoms with E-state index in [0.717, 1.165) is 11.1 Å². The van der Waals surface area contributed by atoms with E-state index in [9.17, 15) is 0 Å². The zero-order valence-electron chi connectivity index (χ0n) is 5.45. The molecule has 0 bridgehead atoms. The normalized spacial score (nSPS) is 19.4. The van der Waals surface area contributed by atoms with Crippen molar-refractivity contribution in [1.82, 2.24) is 0 Å². The third-order valence-electron chi connectivity index (χ3n) is 1.84. The van der Waals surface area contributed by atoms with Gasteiger partial charge in [0.2, 0.25) is 0 Å². The first-order valence-corrected chi connectivity index (χ1v) is 2.72. The topological polar surface area (TPSA) is 20.2 Å². The average Bonchev–Trinajstić information content (AvgIpc) is 1.83. The van der Waals surface area contributed by atoms with Gasteiger partial charge in [0.1, 0.15) is 5.76 Å². The molecule has 0 aliphatic heterocycles. The molecule has 1 heteroatoms. The van der Waals surface area contributed by atoms with E-state index >= 15 is 0 Å². The Hall–Kier alpha value is -0.720. The number of hydrogen-bond donors (Lipinski definition) is 1. The molecule has 44 valence electrons. The van der Waals surface area contributed by atoms with E-state index in [1.807, 2.05) is 20.8 Å². The fourth-order valence-corrected chi connectivity index (χ4v) is 0.855. The standard InChI is InChI=1S/C7H10O/c1-4-5(2)7(8)6(4)3/h8H,1-3H3. The molecule has 0 heterocycles. The number of rotatable bonds is 0. The lowest BCUT2D eigenvalue weighted by molar-refractivity contribution is 0.407. The van der Waals surface area contributed by atoms with Crippen LogP contribution in [0.25, 0.3) is 0 Å². The van der Waals surface area contributed by atoms with Gasteiger partial charge in [-0.2, -0.15) is 0 Å². The summed E-state index contributed by atoms with van der Waals surface area (Å²) in [6.07, 6.45) is 0. The molecule has 0 aromatic heterocycles. The first-order valence-electron chi connectivity index (χ1n) is 2.72. The smallest absolute Gasteiger partial charge is 0.121 e. The second-order valence-corrected chi connectivity index (χ2v) is 2.22. The van der Waals surface area contributed by atoms with E-state index in [1.54, 1.807) is 0 Å².